The molecule has 0 radical (unpaired) electrons. The molecule has 0 aliphatic rings. The van der Waals surface area contributed by atoms with E-state index in [4.69, 9.17) is 44.2 Å². The number of anilines is 1. The molecule has 0 saturated carbocycles. The van der Waals surface area contributed by atoms with Crippen molar-refractivity contribution in [3.8, 4) is 11.3 Å². The van der Waals surface area contributed by atoms with Crippen LogP contribution in [0.25, 0.3) is 11.3 Å². The SMILES string of the molecule is Cc1onc(-c2c(Cl)cccc2Cl)c1/C=N/OC(=O)Nc1cccc(Cl)c1. The standard InChI is InChI=1S/C18H12Cl3N3O3/c1-10-13(17(24-26-10)16-14(20)6-3-7-15(16)21)9-22-27-18(25)23-12-5-2-4-11(19)8-12/h2-9H,1H3,(H,23,25)/b22-9+. The first-order valence-corrected chi connectivity index (χ1v) is 8.76. The number of hydrogen-bond donors (Lipinski definition) is 1. The molecule has 138 valence electrons. The van der Waals surface area contributed by atoms with Gasteiger partial charge in [-0.05, 0) is 37.3 Å². The summed E-state index contributed by atoms with van der Waals surface area (Å²) in [6.45, 7) is 1.69. The third-order valence-corrected chi connectivity index (χ3v) is 4.36. The molecular formula is C18H12Cl3N3O3. The predicted octanol–water partition coefficient (Wildman–Crippen LogP) is 6.19. The molecule has 2 aromatic carbocycles. The highest BCUT2D eigenvalue weighted by Gasteiger charge is 2.18. The lowest BCUT2D eigenvalue weighted by Crippen LogP contribution is -2.10. The number of aryl methyl sites for hydroxylation is 1. The van der Waals surface area contributed by atoms with Gasteiger partial charge in [-0.25, -0.2) is 4.79 Å². The number of nitrogens with zero attached hydrogens (tertiary/aromatic N) is 2. The molecule has 1 heterocycles. The number of amides is 1. The van der Waals surface area contributed by atoms with E-state index in [1.54, 1.807) is 49.4 Å². The van der Waals surface area contributed by atoms with Gasteiger partial charge in [0.25, 0.3) is 0 Å². The molecule has 1 N–H and O–H groups in total. The number of nitrogens with one attached hydrogen (secondary N) is 1. The maximum Gasteiger partial charge on any atom is 0.437 e. The largest absolute Gasteiger partial charge is 0.437 e. The lowest BCUT2D eigenvalue weighted by atomic mass is 10.1. The minimum Gasteiger partial charge on any atom is -0.360 e. The van der Waals surface area contributed by atoms with Crippen LogP contribution < -0.4 is 5.32 Å². The number of halogens is 3. The summed E-state index contributed by atoms with van der Waals surface area (Å²) in [6, 6.07) is 11.7. The third-order valence-electron chi connectivity index (χ3n) is 3.50. The fourth-order valence-electron chi connectivity index (χ4n) is 2.27. The van der Waals surface area contributed by atoms with Crippen molar-refractivity contribution in [3.63, 3.8) is 0 Å². The Morgan fingerprint density at radius 2 is 1.89 bits per heavy atom. The summed E-state index contributed by atoms with van der Waals surface area (Å²) in [5.74, 6) is 0.462. The summed E-state index contributed by atoms with van der Waals surface area (Å²) < 4.78 is 5.20. The van der Waals surface area contributed by atoms with E-state index in [1.165, 1.54) is 6.21 Å². The summed E-state index contributed by atoms with van der Waals surface area (Å²) in [4.78, 5) is 16.6. The second-order valence-electron chi connectivity index (χ2n) is 5.35. The van der Waals surface area contributed by atoms with Crippen molar-refractivity contribution in [2.75, 3.05) is 5.32 Å². The highest BCUT2D eigenvalue weighted by molar-refractivity contribution is 6.39. The zero-order valence-electron chi connectivity index (χ0n) is 13.9. The molecule has 1 amide bonds. The topological polar surface area (TPSA) is 76.7 Å². The first-order valence-electron chi connectivity index (χ1n) is 7.63. The molecule has 6 nitrogen and oxygen atoms in total. The maximum absolute atomic E-state index is 11.8. The quantitative estimate of drug-likeness (QED) is 0.307. The minimum atomic E-state index is -0.778. The lowest BCUT2D eigenvalue weighted by molar-refractivity contribution is 0.167. The number of carbonyl (C=O) groups is 1. The average Bonchev–Trinajstić information content (AvgIpc) is 2.96. The van der Waals surface area contributed by atoms with Crippen molar-refractivity contribution >= 4 is 52.8 Å². The van der Waals surface area contributed by atoms with Gasteiger partial charge in [0.05, 0.1) is 21.8 Å². The van der Waals surface area contributed by atoms with Gasteiger partial charge >= 0.3 is 6.09 Å². The second-order valence-corrected chi connectivity index (χ2v) is 6.60. The van der Waals surface area contributed by atoms with E-state index in [1.807, 2.05) is 0 Å². The van der Waals surface area contributed by atoms with Crippen molar-refractivity contribution in [2.24, 2.45) is 5.16 Å². The monoisotopic (exact) mass is 423 g/mol. The van der Waals surface area contributed by atoms with Gasteiger partial charge in [-0.2, -0.15) is 0 Å². The second kappa shape index (κ2) is 8.43. The summed E-state index contributed by atoms with van der Waals surface area (Å²) >= 11 is 18.3. The summed E-state index contributed by atoms with van der Waals surface area (Å²) in [6.07, 6.45) is 0.526. The fourth-order valence-corrected chi connectivity index (χ4v) is 3.04. The summed E-state index contributed by atoms with van der Waals surface area (Å²) in [7, 11) is 0. The smallest absolute Gasteiger partial charge is 0.360 e. The van der Waals surface area contributed by atoms with Gasteiger partial charge in [-0.1, -0.05) is 57.2 Å². The van der Waals surface area contributed by atoms with E-state index >= 15 is 0 Å². The molecule has 1 aromatic heterocycles. The van der Waals surface area contributed by atoms with Gasteiger partial charge < -0.3 is 4.52 Å². The maximum atomic E-state index is 11.8. The molecule has 0 spiro atoms. The van der Waals surface area contributed by atoms with E-state index in [0.29, 0.717) is 43.3 Å². The van der Waals surface area contributed by atoms with Crippen LogP contribution in [0.15, 0.2) is 52.1 Å². The van der Waals surface area contributed by atoms with E-state index in [-0.39, 0.29) is 0 Å². The average molecular weight is 425 g/mol. The zero-order valence-corrected chi connectivity index (χ0v) is 16.1. The Kier molecular flexibility index (Phi) is 6.01. The Labute approximate surface area is 169 Å². The molecule has 3 aromatic rings. The number of benzene rings is 2. The van der Waals surface area contributed by atoms with Crippen molar-refractivity contribution in [2.45, 2.75) is 6.92 Å². The number of hydrogen-bond acceptors (Lipinski definition) is 5. The van der Waals surface area contributed by atoms with Gasteiger partial charge in [-0.3, -0.25) is 10.2 Å². The van der Waals surface area contributed by atoms with Crippen LogP contribution in [0.4, 0.5) is 10.5 Å². The Bertz CT molecular complexity index is 998. The van der Waals surface area contributed by atoms with E-state index in [2.05, 4.69) is 15.6 Å². The molecule has 0 unspecified atom stereocenters. The van der Waals surface area contributed by atoms with Crippen LogP contribution in [0.5, 0.6) is 0 Å². The van der Waals surface area contributed by atoms with Crippen LogP contribution in [0, 0.1) is 6.92 Å². The van der Waals surface area contributed by atoms with Crippen LogP contribution in [0.2, 0.25) is 15.1 Å². The molecule has 9 heteroatoms. The van der Waals surface area contributed by atoms with Crippen LogP contribution in [-0.2, 0) is 4.84 Å². The lowest BCUT2D eigenvalue weighted by Gasteiger charge is -2.04. The van der Waals surface area contributed by atoms with Crippen LogP contribution in [0.1, 0.15) is 11.3 Å². The molecule has 0 saturated heterocycles. The van der Waals surface area contributed by atoms with E-state index < -0.39 is 6.09 Å². The molecule has 27 heavy (non-hydrogen) atoms. The molecule has 0 bridgehead atoms. The molecule has 0 atom stereocenters. The van der Waals surface area contributed by atoms with Crippen molar-refractivity contribution in [1.29, 1.82) is 0 Å². The Hall–Kier alpha value is -2.54. The molecule has 3 rings (SSSR count). The first-order chi connectivity index (χ1) is 13.0. The first kappa shape index (κ1) is 19.2. The van der Waals surface area contributed by atoms with Gasteiger partial charge in [0, 0.05) is 16.3 Å². The van der Waals surface area contributed by atoms with Crippen LogP contribution >= 0.6 is 34.8 Å². The molecule has 0 aliphatic carbocycles. The van der Waals surface area contributed by atoms with Crippen LogP contribution in [-0.4, -0.2) is 17.5 Å². The van der Waals surface area contributed by atoms with E-state index in [0.717, 1.165) is 0 Å². The fraction of sp³-hybridized carbons (Fsp3) is 0.0556. The van der Waals surface area contributed by atoms with Crippen molar-refractivity contribution < 1.29 is 14.2 Å². The summed E-state index contributed by atoms with van der Waals surface area (Å²) in [5.41, 5.74) is 1.86. The number of oxime groups is 1. The van der Waals surface area contributed by atoms with Crippen molar-refractivity contribution in [1.82, 2.24) is 5.16 Å². The van der Waals surface area contributed by atoms with Crippen molar-refractivity contribution in [3.05, 3.63) is 68.9 Å². The highest BCUT2D eigenvalue weighted by Crippen LogP contribution is 2.36. The van der Waals surface area contributed by atoms with E-state index in [9.17, 15) is 4.79 Å². The van der Waals surface area contributed by atoms with Gasteiger partial charge in [0.15, 0.2) is 0 Å². The molecular weight excluding hydrogens is 413 g/mol. The number of rotatable bonds is 4. The van der Waals surface area contributed by atoms with Crippen LogP contribution in [0.3, 0.4) is 0 Å². The minimum absolute atomic E-state index is 0.394. The number of carbonyl (C=O) groups excluding carboxylic acids is 1. The molecule has 0 aliphatic heterocycles. The molecule has 0 fully saturated rings. The zero-order chi connectivity index (χ0) is 19.4. The van der Waals surface area contributed by atoms with Gasteiger partial charge in [0.1, 0.15) is 11.5 Å². The number of aromatic nitrogens is 1. The third kappa shape index (κ3) is 4.60. The predicted molar refractivity (Wildman–Crippen MR) is 106 cm³/mol. The Morgan fingerprint density at radius 3 is 2.59 bits per heavy atom. The van der Waals surface area contributed by atoms with Gasteiger partial charge in [-0.15, -0.1) is 0 Å². The normalized spacial score (nSPS) is 11.0. The van der Waals surface area contributed by atoms with Gasteiger partial charge in [0.2, 0.25) is 0 Å². The highest BCUT2D eigenvalue weighted by atomic mass is 35.5. The Balaban J connectivity index is 1.76. The summed E-state index contributed by atoms with van der Waals surface area (Å²) in [5, 5.41) is 11.5. The Morgan fingerprint density at radius 1 is 1.19 bits per heavy atom.